The van der Waals surface area contributed by atoms with Gasteiger partial charge < -0.3 is 14.7 Å². The summed E-state index contributed by atoms with van der Waals surface area (Å²) >= 11 is 0. The molecule has 0 radical (unpaired) electrons. The first-order chi connectivity index (χ1) is 8.26. The summed E-state index contributed by atoms with van der Waals surface area (Å²) in [6, 6.07) is 9.15. The van der Waals surface area contributed by atoms with Gasteiger partial charge in [0.25, 0.3) is 0 Å². The molecular weight excluding hydrogens is 216 g/mol. The van der Waals surface area contributed by atoms with Crippen LogP contribution in [0, 0.1) is 11.3 Å². The quantitative estimate of drug-likeness (QED) is 0.721. The topological polar surface area (TPSA) is 56.5 Å². The highest BCUT2D eigenvalue weighted by atomic mass is 16.5. The molecule has 0 aliphatic heterocycles. The van der Waals surface area contributed by atoms with Crippen LogP contribution in [-0.4, -0.2) is 43.4 Å². The van der Waals surface area contributed by atoms with Gasteiger partial charge in [0, 0.05) is 13.1 Å². The van der Waals surface area contributed by atoms with Gasteiger partial charge in [-0.05, 0) is 37.7 Å². The third-order valence-corrected chi connectivity index (χ3v) is 2.42. The van der Waals surface area contributed by atoms with Gasteiger partial charge in [-0.15, -0.1) is 0 Å². The molecule has 0 bridgehead atoms. The van der Waals surface area contributed by atoms with Crippen LogP contribution in [-0.2, 0) is 0 Å². The molecule has 0 fully saturated rings. The molecule has 4 heteroatoms. The molecule has 0 unspecified atom stereocenters. The Kier molecular flexibility index (Phi) is 6.08. The highest BCUT2D eigenvalue weighted by Gasteiger charge is 1.98. The second-order valence-electron chi connectivity index (χ2n) is 3.87. The zero-order valence-corrected chi connectivity index (χ0v) is 10.1. The van der Waals surface area contributed by atoms with Crippen molar-refractivity contribution in [1.29, 1.82) is 5.26 Å². The molecule has 0 saturated heterocycles. The van der Waals surface area contributed by atoms with Crippen molar-refractivity contribution in [2.75, 3.05) is 33.4 Å². The van der Waals surface area contributed by atoms with E-state index in [-0.39, 0.29) is 6.61 Å². The van der Waals surface area contributed by atoms with Gasteiger partial charge in [0.1, 0.15) is 5.75 Å². The fourth-order valence-corrected chi connectivity index (χ4v) is 1.43. The summed E-state index contributed by atoms with van der Waals surface area (Å²) in [5.74, 6) is 0.786. The smallest absolute Gasteiger partial charge is 0.119 e. The largest absolute Gasteiger partial charge is 0.494 e. The predicted molar refractivity (Wildman–Crippen MR) is 65.9 cm³/mol. The first-order valence-electron chi connectivity index (χ1n) is 5.68. The number of hydrogen-bond donors (Lipinski definition) is 1. The molecule has 1 aromatic rings. The third-order valence-electron chi connectivity index (χ3n) is 2.42. The summed E-state index contributed by atoms with van der Waals surface area (Å²) in [6.07, 6.45) is 0.913. The summed E-state index contributed by atoms with van der Waals surface area (Å²) in [7, 11) is 1.97. The number of nitrogens with zero attached hydrogens (tertiary/aromatic N) is 2. The van der Waals surface area contributed by atoms with E-state index in [0.29, 0.717) is 18.7 Å². The molecule has 0 aliphatic rings. The molecular formula is C13H18N2O2. The van der Waals surface area contributed by atoms with Crippen LogP contribution in [0.15, 0.2) is 24.3 Å². The van der Waals surface area contributed by atoms with Gasteiger partial charge in [-0.2, -0.15) is 5.26 Å². The van der Waals surface area contributed by atoms with Crippen molar-refractivity contribution in [3.05, 3.63) is 29.8 Å². The maximum absolute atomic E-state index is 8.72. The second-order valence-corrected chi connectivity index (χ2v) is 3.87. The number of rotatable bonds is 7. The SMILES string of the molecule is CN(CCO)CCCOc1ccc(C#N)cc1. The first kappa shape index (κ1) is 13.5. The van der Waals surface area contributed by atoms with Gasteiger partial charge in [-0.1, -0.05) is 0 Å². The van der Waals surface area contributed by atoms with Crippen molar-refractivity contribution in [1.82, 2.24) is 4.90 Å². The van der Waals surface area contributed by atoms with E-state index >= 15 is 0 Å². The van der Waals surface area contributed by atoms with E-state index < -0.39 is 0 Å². The zero-order valence-electron chi connectivity index (χ0n) is 10.1. The Balaban J connectivity index is 2.20. The number of benzene rings is 1. The van der Waals surface area contributed by atoms with Crippen molar-refractivity contribution in [2.24, 2.45) is 0 Å². The minimum atomic E-state index is 0.187. The molecule has 0 spiro atoms. The van der Waals surface area contributed by atoms with Gasteiger partial charge in [-0.3, -0.25) is 0 Å². The Morgan fingerprint density at radius 3 is 2.59 bits per heavy atom. The maximum atomic E-state index is 8.72. The Morgan fingerprint density at radius 2 is 2.00 bits per heavy atom. The molecule has 92 valence electrons. The van der Waals surface area contributed by atoms with Gasteiger partial charge >= 0.3 is 0 Å². The highest BCUT2D eigenvalue weighted by molar-refractivity contribution is 5.34. The number of ether oxygens (including phenoxy) is 1. The Labute approximate surface area is 102 Å². The highest BCUT2D eigenvalue weighted by Crippen LogP contribution is 2.11. The molecule has 0 heterocycles. The zero-order chi connectivity index (χ0) is 12.5. The van der Waals surface area contributed by atoms with Crippen molar-refractivity contribution < 1.29 is 9.84 Å². The lowest BCUT2D eigenvalue weighted by atomic mass is 10.2. The van der Waals surface area contributed by atoms with Crippen LogP contribution < -0.4 is 4.74 Å². The van der Waals surface area contributed by atoms with Crippen LogP contribution in [0.2, 0.25) is 0 Å². The van der Waals surface area contributed by atoms with Crippen LogP contribution in [0.5, 0.6) is 5.75 Å². The summed E-state index contributed by atoms with van der Waals surface area (Å²) in [5.41, 5.74) is 0.639. The van der Waals surface area contributed by atoms with E-state index in [0.717, 1.165) is 18.7 Å². The van der Waals surface area contributed by atoms with E-state index in [4.69, 9.17) is 15.1 Å². The third kappa shape index (κ3) is 5.34. The molecule has 0 saturated carbocycles. The van der Waals surface area contributed by atoms with Crippen LogP contribution in [0.3, 0.4) is 0 Å². The van der Waals surface area contributed by atoms with Crippen molar-refractivity contribution in [3.63, 3.8) is 0 Å². The Bertz CT molecular complexity index is 357. The van der Waals surface area contributed by atoms with Gasteiger partial charge in [0.2, 0.25) is 0 Å². The van der Waals surface area contributed by atoms with E-state index in [9.17, 15) is 0 Å². The second kappa shape index (κ2) is 7.66. The van der Waals surface area contributed by atoms with Crippen molar-refractivity contribution >= 4 is 0 Å². The molecule has 0 aromatic heterocycles. The van der Waals surface area contributed by atoms with Crippen LogP contribution in [0.4, 0.5) is 0 Å². The molecule has 1 aromatic carbocycles. The van der Waals surface area contributed by atoms with Crippen LogP contribution in [0.25, 0.3) is 0 Å². The number of likely N-dealkylation sites (N-methyl/N-ethyl adjacent to an activating group) is 1. The first-order valence-corrected chi connectivity index (χ1v) is 5.68. The molecule has 0 aliphatic carbocycles. The van der Waals surface area contributed by atoms with Crippen molar-refractivity contribution in [3.8, 4) is 11.8 Å². The van der Waals surface area contributed by atoms with E-state index in [2.05, 4.69) is 11.0 Å². The van der Waals surface area contributed by atoms with Gasteiger partial charge in [0.15, 0.2) is 0 Å². The molecule has 0 amide bonds. The fraction of sp³-hybridized carbons (Fsp3) is 0.462. The molecule has 1 N–H and O–H groups in total. The maximum Gasteiger partial charge on any atom is 0.119 e. The van der Waals surface area contributed by atoms with Crippen LogP contribution >= 0.6 is 0 Å². The normalized spacial score (nSPS) is 10.2. The van der Waals surface area contributed by atoms with Gasteiger partial charge in [-0.25, -0.2) is 0 Å². The molecule has 1 rings (SSSR count). The van der Waals surface area contributed by atoms with E-state index in [1.165, 1.54) is 0 Å². The van der Waals surface area contributed by atoms with Gasteiger partial charge in [0.05, 0.1) is 24.8 Å². The lowest BCUT2D eigenvalue weighted by Gasteiger charge is -2.14. The predicted octanol–water partition coefficient (Wildman–Crippen LogP) is 1.25. The summed E-state index contributed by atoms with van der Waals surface area (Å²) < 4.78 is 5.54. The minimum absolute atomic E-state index is 0.187. The lowest BCUT2D eigenvalue weighted by molar-refractivity contribution is 0.207. The van der Waals surface area contributed by atoms with E-state index in [1.807, 2.05) is 7.05 Å². The summed E-state index contributed by atoms with van der Waals surface area (Å²) in [6.45, 7) is 2.42. The number of hydrogen-bond acceptors (Lipinski definition) is 4. The lowest BCUT2D eigenvalue weighted by Crippen LogP contribution is -2.24. The van der Waals surface area contributed by atoms with E-state index in [1.54, 1.807) is 24.3 Å². The number of aliphatic hydroxyl groups is 1. The van der Waals surface area contributed by atoms with Crippen LogP contribution in [0.1, 0.15) is 12.0 Å². The monoisotopic (exact) mass is 234 g/mol. The molecule has 0 atom stereocenters. The Hall–Kier alpha value is -1.57. The molecule has 4 nitrogen and oxygen atoms in total. The number of aliphatic hydroxyl groups excluding tert-OH is 1. The molecule has 17 heavy (non-hydrogen) atoms. The standard InChI is InChI=1S/C13H18N2O2/c1-15(8-9-16)7-2-10-17-13-5-3-12(11-14)4-6-13/h3-6,16H,2,7-10H2,1H3. The summed E-state index contributed by atoms with van der Waals surface area (Å²) in [4.78, 5) is 2.06. The minimum Gasteiger partial charge on any atom is -0.494 e. The average Bonchev–Trinajstić information content (AvgIpc) is 2.36. The number of nitriles is 1. The Morgan fingerprint density at radius 1 is 1.29 bits per heavy atom. The average molecular weight is 234 g/mol. The summed E-state index contributed by atoms with van der Waals surface area (Å²) in [5, 5.41) is 17.4. The fourth-order valence-electron chi connectivity index (χ4n) is 1.43. The van der Waals surface area contributed by atoms with Crippen molar-refractivity contribution in [2.45, 2.75) is 6.42 Å².